The molecule has 0 spiro atoms. The van der Waals surface area contributed by atoms with Crippen molar-refractivity contribution in [2.75, 3.05) is 27.9 Å². The van der Waals surface area contributed by atoms with Crippen LogP contribution in [0.4, 0.5) is 0 Å². The predicted octanol–water partition coefficient (Wildman–Crippen LogP) is 4.06. The van der Waals surface area contributed by atoms with Gasteiger partial charge < -0.3 is 10.4 Å². The van der Waals surface area contributed by atoms with Crippen molar-refractivity contribution >= 4 is 14.6 Å². The molecule has 1 aromatic carbocycles. The maximum atomic E-state index is 9.00. The molecule has 1 atom stereocenters. The van der Waals surface area contributed by atoms with Gasteiger partial charge in [-0.1, -0.05) is 19.3 Å². The van der Waals surface area contributed by atoms with Gasteiger partial charge in [0, 0.05) is 27.0 Å². The van der Waals surface area contributed by atoms with E-state index in [4.69, 9.17) is 23.5 Å². The topological polar surface area (TPSA) is 79.1 Å². The van der Waals surface area contributed by atoms with Gasteiger partial charge in [-0.2, -0.15) is 49.5 Å². The van der Waals surface area contributed by atoms with Crippen LogP contribution in [-0.4, -0.2) is 38.9 Å². The quantitative estimate of drug-likeness (QED) is 0.464. The second-order valence-corrected chi connectivity index (χ2v) is 6.34. The number of aliphatic carboxylic acids is 1. The first-order valence-electron chi connectivity index (χ1n) is 7.36. The van der Waals surface area contributed by atoms with Gasteiger partial charge in [0.15, 0.2) is 0 Å². The zero-order valence-electron chi connectivity index (χ0n) is 14.6. The van der Waals surface area contributed by atoms with Crippen molar-refractivity contribution in [2.45, 2.75) is 32.2 Å². The summed E-state index contributed by atoms with van der Waals surface area (Å²) < 4.78 is 14.1. The van der Waals surface area contributed by atoms with E-state index in [1.807, 2.05) is 12.1 Å². The van der Waals surface area contributed by atoms with Crippen LogP contribution >= 0.6 is 8.60 Å². The molecule has 0 amide bonds. The van der Waals surface area contributed by atoms with Gasteiger partial charge in [0.05, 0.1) is 21.3 Å². The zero-order chi connectivity index (χ0) is 17.5. The third-order valence-electron chi connectivity index (χ3n) is 2.83. The first-order chi connectivity index (χ1) is 11.0. The summed E-state index contributed by atoms with van der Waals surface area (Å²) >= 11 is 0. The molecule has 8 heteroatoms. The Morgan fingerprint density at radius 1 is 1.25 bits per heavy atom. The molecule has 1 fully saturated rings. The summed E-state index contributed by atoms with van der Waals surface area (Å²) in [5.74, 6) is -0.833. The average molecular weight is 537 g/mol. The third kappa shape index (κ3) is 14.0. The minimum absolute atomic E-state index is 0. The molecular weight excluding hydrogens is 509 g/mol. The molecule has 2 rings (SSSR count). The van der Waals surface area contributed by atoms with E-state index in [0.29, 0.717) is 6.04 Å². The van der Waals surface area contributed by atoms with Crippen LogP contribution in [0.15, 0.2) is 24.3 Å². The molecule has 1 saturated heterocycles. The number of carboxylic acids is 1. The van der Waals surface area contributed by atoms with E-state index in [2.05, 4.69) is 23.5 Å². The zero-order valence-corrected chi connectivity index (χ0v) is 18.0. The molecule has 1 N–H and O–H groups in total. The number of rotatable bonds is 4. The Balaban J connectivity index is 0. The summed E-state index contributed by atoms with van der Waals surface area (Å²) in [7, 11) is 3.31. The first-order valence-corrected chi connectivity index (χ1v) is 8.59. The molecule has 0 bridgehead atoms. The molecular formula is C16H27IrNO5P-. The van der Waals surface area contributed by atoms with Crippen LogP contribution in [0.3, 0.4) is 0 Å². The molecule has 141 valence electrons. The third-order valence-corrected chi connectivity index (χ3v) is 3.83. The Hall–Kier alpha value is -0.391. The molecule has 0 saturated carbocycles. The number of carbonyl (C=O) groups is 1. The molecule has 1 unspecified atom stereocenters. The maximum absolute atomic E-state index is 9.00. The molecule has 1 aliphatic rings. The summed E-state index contributed by atoms with van der Waals surface area (Å²) in [4.78, 5) is 9.00. The van der Waals surface area contributed by atoms with Crippen LogP contribution in [-0.2, 0) is 38.5 Å². The Bertz CT molecular complexity index is 391. The molecule has 6 nitrogen and oxygen atoms in total. The maximum Gasteiger partial charge on any atom is 0.397 e. The first kappa shape index (κ1) is 25.8. The van der Waals surface area contributed by atoms with Crippen LogP contribution < -0.4 is 0 Å². The normalized spacial score (nSPS) is 16.0. The molecule has 1 aliphatic heterocycles. The van der Waals surface area contributed by atoms with E-state index in [9.17, 15) is 0 Å². The summed E-state index contributed by atoms with van der Waals surface area (Å²) in [5, 5.41) is 12.0. The largest absolute Gasteiger partial charge is 0.657 e. The molecule has 1 aromatic rings. The Kier molecular flexibility index (Phi) is 18.8. The summed E-state index contributed by atoms with van der Waals surface area (Å²) in [6.45, 7) is 2.12. The Morgan fingerprint density at radius 3 is 2.17 bits per heavy atom. The van der Waals surface area contributed by atoms with Crippen LogP contribution in [0.5, 0.6) is 0 Å². The van der Waals surface area contributed by atoms with Gasteiger partial charge in [0.1, 0.15) is 0 Å². The van der Waals surface area contributed by atoms with E-state index in [1.54, 1.807) is 21.3 Å². The van der Waals surface area contributed by atoms with Gasteiger partial charge in [-0.25, -0.2) is 0 Å². The molecule has 1 heterocycles. The van der Waals surface area contributed by atoms with Crippen LogP contribution in [0.2, 0.25) is 0 Å². The van der Waals surface area contributed by atoms with Gasteiger partial charge in [-0.05, 0) is 0 Å². The fourth-order valence-electron chi connectivity index (χ4n) is 1.91. The number of carboxylic acid groups (broad SMARTS) is 1. The van der Waals surface area contributed by atoms with Crippen LogP contribution in [0.25, 0.3) is 5.32 Å². The van der Waals surface area contributed by atoms with Crippen molar-refractivity contribution in [2.24, 2.45) is 0 Å². The number of hydrogen-bond acceptors (Lipinski definition) is 4. The van der Waals surface area contributed by atoms with Crippen LogP contribution in [0, 0.1) is 6.07 Å². The van der Waals surface area contributed by atoms with E-state index >= 15 is 0 Å². The number of benzene rings is 1. The van der Waals surface area contributed by atoms with Gasteiger partial charge in [-0.15, -0.1) is 12.6 Å². The fraction of sp³-hybridized carbons (Fsp3) is 0.562. The van der Waals surface area contributed by atoms with E-state index in [1.165, 1.54) is 24.8 Å². The van der Waals surface area contributed by atoms with E-state index in [0.717, 1.165) is 13.5 Å². The van der Waals surface area contributed by atoms with E-state index in [-0.39, 0.29) is 20.1 Å². The van der Waals surface area contributed by atoms with Crippen molar-refractivity contribution < 1.29 is 43.6 Å². The summed E-state index contributed by atoms with van der Waals surface area (Å²) in [5.41, 5.74) is 1.26. The van der Waals surface area contributed by atoms with Crippen LogP contribution in [0.1, 0.15) is 37.8 Å². The van der Waals surface area contributed by atoms with Crippen molar-refractivity contribution in [3.8, 4) is 0 Å². The predicted molar refractivity (Wildman–Crippen MR) is 92.7 cm³/mol. The Labute approximate surface area is 159 Å². The monoisotopic (exact) mass is 537 g/mol. The SMILES string of the molecule is CC(=O)O.CO[PH+](OC)OC.[Ir].[c-]1ccccc1C1CCCC[N-]1. The summed E-state index contributed by atoms with van der Waals surface area (Å²) in [6.07, 6.45) is 3.79. The standard InChI is InChI=1S/C11H13N.C3H10O3P.C2H4O2.Ir/c1-2-6-10(7-3-1)11-8-4-5-9-12-11;1-4-7(5-2)6-3;1-2(3)4;/h1-3,6,11H,4-5,8-9H2;7H,1-3H3;1H3,(H,3,4);/q-2;+1;;. The second kappa shape index (κ2) is 17.4. The number of piperidine rings is 1. The smallest absolute Gasteiger partial charge is 0.397 e. The molecule has 0 aliphatic carbocycles. The van der Waals surface area contributed by atoms with Crippen molar-refractivity contribution in [3.63, 3.8) is 0 Å². The van der Waals surface area contributed by atoms with E-state index < -0.39 is 14.6 Å². The molecule has 0 aromatic heterocycles. The van der Waals surface area contributed by atoms with Gasteiger partial charge in [0.2, 0.25) is 0 Å². The summed E-state index contributed by atoms with van der Waals surface area (Å²) in [6, 6.07) is 11.8. The molecule has 1 radical (unpaired) electrons. The van der Waals surface area contributed by atoms with Crippen molar-refractivity contribution in [3.05, 3.63) is 41.2 Å². The minimum atomic E-state index is -1.36. The fourth-order valence-corrected chi connectivity index (χ4v) is 2.41. The Morgan fingerprint density at radius 2 is 1.83 bits per heavy atom. The van der Waals surface area contributed by atoms with Crippen molar-refractivity contribution in [1.82, 2.24) is 0 Å². The average Bonchev–Trinajstić information content (AvgIpc) is 2.58. The van der Waals surface area contributed by atoms with Gasteiger partial charge in [0.25, 0.3) is 5.97 Å². The number of hydrogen-bond donors (Lipinski definition) is 1. The molecule has 24 heavy (non-hydrogen) atoms. The van der Waals surface area contributed by atoms with Gasteiger partial charge in [-0.3, -0.25) is 4.79 Å². The van der Waals surface area contributed by atoms with Crippen molar-refractivity contribution in [1.29, 1.82) is 0 Å². The van der Waals surface area contributed by atoms with Gasteiger partial charge >= 0.3 is 8.60 Å². The number of nitrogens with zero attached hydrogens (tertiary/aromatic N) is 1. The second-order valence-electron chi connectivity index (χ2n) is 4.62. The minimum Gasteiger partial charge on any atom is -0.657 e.